The molecule has 7 nitrogen and oxygen atoms in total. The van der Waals surface area contributed by atoms with Crippen LogP contribution >= 0.6 is 0 Å². The van der Waals surface area contributed by atoms with Gasteiger partial charge in [-0.1, -0.05) is 12.1 Å². The van der Waals surface area contributed by atoms with Crippen molar-refractivity contribution < 1.29 is 18.1 Å². The molecule has 1 aliphatic heterocycles. The van der Waals surface area contributed by atoms with Crippen molar-refractivity contribution in [1.82, 2.24) is 0 Å². The monoisotopic (exact) mass is 404 g/mol. The molecule has 3 rings (SSSR count). The van der Waals surface area contributed by atoms with Crippen LogP contribution in [0.3, 0.4) is 0 Å². The summed E-state index contributed by atoms with van der Waals surface area (Å²) in [5, 5.41) is 11.1. The molecule has 0 aliphatic carbocycles. The van der Waals surface area contributed by atoms with Crippen LogP contribution in [0, 0.1) is 16.0 Å². The van der Waals surface area contributed by atoms with Crippen LogP contribution in [0.25, 0.3) is 0 Å². The van der Waals surface area contributed by atoms with Gasteiger partial charge in [0.15, 0.2) is 9.84 Å². The number of nitrogens with zero attached hydrogens (tertiary/aromatic N) is 2. The first-order chi connectivity index (χ1) is 13.3. The van der Waals surface area contributed by atoms with Gasteiger partial charge in [0.25, 0.3) is 5.69 Å². The van der Waals surface area contributed by atoms with Crippen molar-refractivity contribution in [3.63, 3.8) is 0 Å². The summed E-state index contributed by atoms with van der Waals surface area (Å²) >= 11 is 0. The SMILES string of the molecule is COc1cccc(CC2CCN(c3ccc([N+](=O)[O-])c(S(C)(=O)=O)c3)CC2)c1. The van der Waals surface area contributed by atoms with Gasteiger partial charge in [-0.25, -0.2) is 8.42 Å². The number of piperidine rings is 1. The van der Waals surface area contributed by atoms with E-state index >= 15 is 0 Å². The molecule has 0 radical (unpaired) electrons. The fourth-order valence-corrected chi connectivity index (χ4v) is 4.53. The van der Waals surface area contributed by atoms with Crippen LogP contribution in [-0.2, 0) is 16.3 Å². The highest BCUT2D eigenvalue weighted by atomic mass is 32.2. The molecule has 0 saturated carbocycles. The molecule has 1 saturated heterocycles. The minimum absolute atomic E-state index is 0.228. The molecule has 2 aromatic carbocycles. The smallest absolute Gasteiger partial charge is 0.288 e. The van der Waals surface area contributed by atoms with Crippen molar-refractivity contribution in [3.05, 3.63) is 58.1 Å². The summed E-state index contributed by atoms with van der Waals surface area (Å²) in [5.41, 5.74) is 1.58. The topological polar surface area (TPSA) is 89.8 Å². The second kappa shape index (κ2) is 8.18. The van der Waals surface area contributed by atoms with Crippen LogP contribution < -0.4 is 9.64 Å². The molecule has 28 heavy (non-hydrogen) atoms. The van der Waals surface area contributed by atoms with E-state index in [0.29, 0.717) is 11.6 Å². The second-order valence-electron chi connectivity index (χ2n) is 7.17. The first-order valence-corrected chi connectivity index (χ1v) is 11.0. The minimum atomic E-state index is -3.68. The molecular formula is C20H24N2O5S. The third-order valence-electron chi connectivity index (χ3n) is 5.18. The zero-order chi connectivity index (χ0) is 20.3. The Hall–Kier alpha value is -2.61. The molecule has 1 heterocycles. The number of hydrogen-bond donors (Lipinski definition) is 0. The van der Waals surface area contributed by atoms with E-state index in [1.54, 1.807) is 13.2 Å². The zero-order valence-electron chi connectivity index (χ0n) is 16.0. The number of sulfone groups is 1. The fraction of sp³-hybridized carbons (Fsp3) is 0.400. The number of ether oxygens (including phenoxy) is 1. The lowest BCUT2D eigenvalue weighted by Crippen LogP contribution is -2.34. The van der Waals surface area contributed by atoms with E-state index in [1.165, 1.54) is 17.7 Å². The van der Waals surface area contributed by atoms with E-state index in [-0.39, 0.29) is 10.6 Å². The fourth-order valence-electron chi connectivity index (χ4n) is 3.68. The summed E-state index contributed by atoms with van der Waals surface area (Å²) in [6.07, 6.45) is 3.92. The molecule has 0 aromatic heterocycles. The molecular weight excluding hydrogens is 380 g/mol. The highest BCUT2D eigenvalue weighted by Crippen LogP contribution is 2.32. The van der Waals surface area contributed by atoms with Crippen molar-refractivity contribution in [2.24, 2.45) is 5.92 Å². The first kappa shape index (κ1) is 20.1. The largest absolute Gasteiger partial charge is 0.497 e. The van der Waals surface area contributed by atoms with Gasteiger partial charge < -0.3 is 9.64 Å². The molecule has 2 aromatic rings. The Bertz CT molecular complexity index is 966. The van der Waals surface area contributed by atoms with Gasteiger partial charge in [-0.05, 0) is 55.0 Å². The maximum atomic E-state index is 12.0. The van der Waals surface area contributed by atoms with Crippen molar-refractivity contribution in [1.29, 1.82) is 0 Å². The first-order valence-electron chi connectivity index (χ1n) is 9.14. The average molecular weight is 404 g/mol. The highest BCUT2D eigenvalue weighted by Gasteiger charge is 2.25. The molecule has 1 fully saturated rings. The van der Waals surface area contributed by atoms with E-state index < -0.39 is 14.8 Å². The van der Waals surface area contributed by atoms with E-state index in [1.807, 2.05) is 12.1 Å². The van der Waals surface area contributed by atoms with Crippen molar-refractivity contribution in [3.8, 4) is 5.75 Å². The van der Waals surface area contributed by atoms with Crippen LogP contribution in [0.15, 0.2) is 47.4 Å². The Morgan fingerprint density at radius 2 is 1.89 bits per heavy atom. The van der Waals surface area contributed by atoms with Gasteiger partial charge in [0, 0.05) is 31.1 Å². The van der Waals surface area contributed by atoms with Crippen molar-refractivity contribution in [2.75, 3.05) is 31.4 Å². The third-order valence-corrected chi connectivity index (χ3v) is 6.30. The van der Waals surface area contributed by atoms with Gasteiger partial charge in [0.05, 0.1) is 12.0 Å². The lowest BCUT2D eigenvalue weighted by molar-refractivity contribution is -0.387. The molecule has 8 heteroatoms. The van der Waals surface area contributed by atoms with E-state index in [9.17, 15) is 18.5 Å². The average Bonchev–Trinajstić information content (AvgIpc) is 2.67. The number of nitro benzene ring substituents is 1. The molecule has 0 bridgehead atoms. The van der Waals surface area contributed by atoms with Gasteiger partial charge in [0.2, 0.25) is 0 Å². The van der Waals surface area contributed by atoms with Gasteiger partial charge in [-0.15, -0.1) is 0 Å². The van der Waals surface area contributed by atoms with Crippen LogP contribution in [0.5, 0.6) is 5.75 Å². The lowest BCUT2D eigenvalue weighted by Gasteiger charge is -2.34. The molecule has 0 atom stereocenters. The Balaban J connectivity index is 1.70. The van der Waals surface area contributed by atoms with Gasteiger partial charge in [-0.3, -0.25) is 10.1 Å². The summed E-state index contributed by atoms with van der Waals surface area (Å²) in [4.78, 5) is 12.4. The van der Waals surface area contributed by atoms with Crippen LogP contribution in [0.1, 0.15) is 18.4 Å². The molecule has 0 spiro atoms. The number of hydrogen-bond acceptors (Lipinski definition) is 6. The number of benzene rings is 2. The molecule has 150 valence electrons. The predicted octanol–water partition coefficient (Wildman–Crippen LogP) is 3.47. The summed E-state index contributed by atoms with van der Waals surface area (Å²) in [6.45, 7) is 1.57. The molecule has 0 amide bonds. The Morgan fingerprint density at radius 3 is 2.50 bits per heavy atom. The lowest BCUT2D eigenvalue weighted by atomic mass is 9.90. The maximum absolute atomic E-state index is 12.0. The van der Waals surface area contributed by atoms with Crippen LogP contribution in [-0.4, -0.2) is 39.8 Å². The zero-order valence-corrected chi connectivity index (χ0v) is 16.8. The standard InChI is InChI=1S/C20H24N2O5S/c1-27-18-5-3-4-16(13-18)12-15-8-10-21(11-9-15)17-6-7-19(22(23)24)20(14-17)28(2,25)26/h3-7,13-15H,8-12H2,1-2H3. The molecule has 1 aliphatic rings. The van der Waals surface area contributed by atoms with Gasteiger partial charge in [-0.2, -0.15) is 0 Å². The van der Waals surface area contributed by atoms with Crippen LogP contribution in [0.2, 0.25) is 0 Å². The minimum Gasteiger partial charge on any atom is -0.497 e. The number of rotatable bonds is 6. The third kappa shape index (κ3) is 4.62. The number of nitro groups is 1. The van der Waals surface area contributed by atoms with Crippen molar-refractivity contribution >= 4 is 21.2 Å². The van der Waals surface area contributed by atoms with E-state index in [4.69, 9.17) is 4.74 Å². The number of anilines is 1. The summed E-state index contributed by atoms with van der Waals surface area (Å²) in [5.74, 6) is 1.39. The Kier molecular flexibility index (Phi) is 5.88. The van der Waals surface area contributed by atoms with Gasteiger partial charge in [0.1, 0.15) is 10.6 Å². The summed E-state index contributed by atoms with van der Waals surface area (Å²) in [7, 11) is -2.02. The van der Waals surface area contributed by atoms with E-state index in [0.717, 1.165) is 44.4 Å². The highest BCUT2D eigenvalue weighted by molar-refractivity contribution is 7.90. The Labute approximate surface area is 165 Å². The Morgan fingerprint density at radius 1 is 1.18 bits per heavy atom. The molecule has 0 N–H and O–H groups in total. The molecule has 0 unspecified atom stereocenters. The summed E-state index contributed by atoms with van der Waals surface area (Å²) < 4.78 is 29.2. The van der Waals surface area contributed by atoms with Crippen LogP contribution in [0.4, 0.5) is 11.4 Å². The maximum Gasteiger partial charge on any atom is 0.288 e. The van der Waals surface area contributed by atoms with E-state index in [2.05, 4.69) is 17.0 Å². The van der Waals surface area contributed by atoms with Gasteiger partial charge >= 0.3 is 0 Å². The second-order valence-corrected chi connectivity index (χ2v) is 9.15. The normalized spacial score (nSPS) is 15.4. The predicted molar refractivity (Wildman–Crippen MR) is 108 cm³/mol. The summed E-state index contributed by atoms with van der Waals surface area (Å²) in [6, 6.07) is 12.4. The number of methoxy groups -OCH3 is 1. The van der Waals surface area contributed by atoms with Crippen molar-refractivity contribution in [2.45, 2.75) is 24.2 Å². The quantitative estimate of drug-likeness (QED) is 0.541.